The zero-order chi connectivity index (χ0) is 17.9. The van der Waals surface area contributed by atoms with Gasteiger partial charge in [0.25, 0.3) is 5.91 Å². The van der Waals surface area contributed by atoms with Crippen LogP contribution in [0.15, 0.2) is 36.5 Å². The molecule has 7 nitrogen and oxygen atoms in total. The van der Waals surface area contributed by atoms with E-state index in [1.165, 1.54) is 6.20 Å². The highest BCUT2D eigenvalue weighted by Crippen LogP contribution is 2.30. The molecule has 25 heavy (non-hydrogen) atoms. The summed E-state index contributed by atoms with van der Waals surface area (Å²) < 4.78 is 6.90. The quantitative estimate of drug-likeness (QED) is 0.862. The van der Waals surface area contributed by atoms with Gasteiger partial charge in [-0.3, -0.25) is 14.3 Å². The van der Waals surface area contributed by atoms with Crippen molar-refractivity contribution >= 4 is 11.9 Å². The number of hydrogen-bond acceptors (Lipinski definition) is 4. The summed E-state index contributed by atoms with van der Waals surface area (Å²) in [4.78, 5) is 24.4. The van der Waals surface area contributed by atoms with Gasteiger partial charge in [-0.25, -0.2) is 0 Å². The van der Waals surface area contributed by atoms with Crippen molar-refractivity contribution in [3.05, 3.63) is 42.1 Å². The Bertz CT molecular complexity index is 764. The second kappa shape index (κ2) is 7.06. The minimum atomic E-state index is -0.969. The molecule has 1 aliphatic heterocycles. The van der Waals surface area contributed by atoms with E-state index >= 15 is 0 Å². The predicted molar refractivity (Wildman–Crippen MR) is 91.1 cm³/mol. The maximum atomic E-state index is 12.7. The molecule has 1 aromatic carbocycles. The number of carboxylic acid groups (broad SMARTS) is 1. The first-order chi connectivity index (χ1) is 12.0. The lowest BCUT2D eigenvalue weighted by Gasteiger charge is -2.33. The monoisotopic (exact) mass is 343 g/mol. The fourth-order valence-electron chi connectivity index (χ4n) is 3.12. The first kappa shape index (κ1) is 17.2. The lowest BCUT2D eigenvalue weighted by Crippen LogP contribution is -2.46. The van der Waals surface area contributed by atoms with Crippen LogP contribution in [0.2, 0.25) is 0 Å². The summed E-state index contributed by atoms with van der Waals surface area (Å²) in [6.45, 7) is 0.863. The Labute approximate surface area is 145 Å². The number of carbonyl (C=O) groups excluding carboxylic acids is 1. The number of nitrogens with one attached hydrogen (secondary N) is 1. The molecular formula is C18H21N3O4. The van der Waals surface area contributed by atoms with Crippen LogP contribution in [0, 0.1) is 5.41 Å². The summed E-state index contributed by atoms with van der Waals surface area (Å²) in [6.07, 6.45) is 2.29. The summed E-state index contributed by atoms with van der Waals surface area (Å²) in [6, 6.07) is 9.51. The number of aromatic nitrogens is 2. The van der Waals surface area contributed by atoms with Gasteiger partial charge in [-0.05, 0) is 12.8 Å². The SMILES string of the molecule is Cn1ncc(C(=O)NCC2(C(=O)O)CCOCC2)c1-c1ccccc1. The lowest BCUT2D eigenvalue weighted by molar-refractivity contribution is -0.154. The summed E-state index contributed by atoms with van der Waals surface area (Å²) in [5.74, 6) is -1.22. The molecule has 0 spiro atoms. The number of amides is 1. The summed E-state index contributed by atoms with van der Waals surface area (Å²) in [5.41, 5.74) is 1.05. The molecule has 1 fully saturated rings. The first-order valence-corrected chi connectivity index (χ1v) is 8.20. The topological polar surface area (TPSA) is 93.5 Å². The Kier molecular flexibility index (Phi) is 4.85. The largest absolute Gasteiger partial charge is 0.481 e. The number of aliphatic carboxylic acids is 1. The van der Waals surface area contributed by atoms with Crippen LogP contribution in [0.1, 0.15) is 23.2 Å². The standard InChI is InChI=1S/C18H21N3O4/c1-21-15(13-5-3-2-4-6-13)14(11-20-21)16(22)19-12-18(17(23)24)7-9-25-10-8-18/h2-6,11H,7-10,12H2,1H3,(H,19,22)(H,23,24). The molecule has 0 saturated carbocycles. The summed E-state index contributed by atoms with van der Waals surface area (Å²) in [5, 5.41) is 16.6. The number of benzene rings is 1. The van der Waals surface area contributed by atoms with E-state index in [-0.39, 0.29) is 12.5 Å². The second-order valence-corrected chi connectivity index (χ2v) is 6.28. The van der Waals surface area contributed by atoms with Crippen molar-refractivity contribution in [1.29, 1.82) is 0 Å². The molecular weight excluding hydrogens is 322 g/mol. The van der Waals surface area contributed by atoms with Crippen LogP contribution in [0.25, 0.3) is 11.3 Å². The fourth-order valence-corrected chi connectivity index (χ4v) is 3.12. The van der Waals surface area contributed by atoms with Crippen LogP contribution in [0.4, 0.5) is 0 Å². The van der Waals surface area contributed by atoms with Gasteiger partial charge >= 0.3 is 5.97 Å². The molecule has 1 amide bonds. The first-order valence-electron chi connectivity index (χ1n) is 8.20. The third kappa shape index (κ3) is 3.41. The van der Waals surface area contributed by atoms with Crippen molar-refractivity contribution in [2.45, 2.75) is 12.8 Å². The predicted octanol–water partition coefficient (Wildman–Crippen LogP) is 1.70. The van der Waals surface area contributed by atoms with E-state index in [1.54, 1.807) is 11.7 Å². The van der Waals surface area contributed by atoms with E-state index in [0.29, 0.717) is 37.3 Å². The average Bonchev–Trinajstić information content (AvgIpc) is 3.02. The third-order valence-electron chi connectivity index (χ3n) is 4.72. The fraction of sp³-hybridized carbons (Fsp3) is 0.389. The van der Waals surface area contributed by atoms with E-state index in [1.807, 2.05) is 30.3 Å². The maximum Gasteiger partial charge on any atom is 0.311 e. The molecule has 0 aliphatic carbocycles. The van der Waals surface area contributed by atoms with Crippen LogP contribution in [0.3, 0.4) is 0 Å². The number of ether oxygens (including phenoxy) is 1. The summed E-state index contributed by atoms with van der Waals surface area (Å²) >= 11 is 0. The highest BCUT2D eigenvalue weighted by molar-refractivity contribution is 6.00. The molecule has 7 heteroatoms. The number of carbonyl (C=O) groups is 2. The Hall–Kier alpha value is -2.67. The molecule has 1 aromatic heterocycles. The third-order valence-corrected chi connectivity index (χ3v) is 4.72. The minimum absolute atomic E-state index is 0.0770. The molecule has 132 valence electrons. The molecule has 1 saturated heterocycles. The molecule has 3 rings (SSSR count). The number of carboxylic acids is 1. The Balaban J connectivity index is 1.79. The highest BCUT2D eigenvalue weighted by Gasteiger charge is 2.40. The van der Waals surface area contributed by atoms with Gasteiger partial charge in [0.2, 0.25) is 0 Å². The van der Waals surface area contributed by atoms with Gasteiger partial charge in [0.05, 0.1) is 22.9 Å². The van der Waals surface area contributed by atoms with Gasteiger partial charge in [-0.2, -0.15) is 5.10 Å². The van der Waals surface area contributed by atoms with Gasteiger partial charge in [-0.1, -0.05) is 30.3 Å². The van der Waals surface area contributed by atoms with Crippen molar-refractivity contribution in [1.82, 2.24) is 15.1 Å². The molecule has 0 bridgehead atoms. The Morgan fingerprint density at radius 3 is 2.60 bits per heavy atom. The van der Waals surface area contributed by atoms with Gasteiger partial charge in [0, 0.05) is 32.4 Å². The van der Waals surface area contributed by atoms with Crippen molar-refractivity contribution in [3.63, 3.8) is 0 Å². The van der Waals surface area contributed by atoms with Gasteiger partial charge < -0.3 is 15.2 Å². The van der Waals surface area contributed by atoms with Crippen LogP contribution in [-0.2, 0) is 16.6 Å². The van der Waals surface area contributed by atoms with E-state index in [0.717, 1.165) is 5.56 Å². The van der Waals surface area contributed by atoms with Gasteiger partial charge in [0.15, 0.2) is 0 Å². The second-order valence-electron chi connectivity index (χ2n) is 6.28. The molecule has 1 aliphatic rings. The zero-order valence-corrected chi connectivity index (χ0v) is 14.1. The van der Waals surface area contributed by atoms with Gasteiger partial charge in [-0.15, -0.1) is 0 Å². The highest BCUT2D eigenvalue weighted by atomic mass is 16.5. The zero-order valence-electron chi connectivity index (χ0n) is 14.1. The normalized spacial score (nSPS) is 16.4. The smallest absolute Gasteiger partial charge is 0.311 e. The van der Waals surface area contributed by atoms with E-state index in [9.17, 15) is 14.7 Å². The number of hydrogen-bond donors (Lipinski definition) is 2. The number of aryl methyl sites for hydroxylation is 1. The van der Waals surface area contributed by atoms with E-state index in [4.69, 9.17) is 4.74 Å². The number of rotatable bonds is 5. The lowest BCUT2D eigenvalue weighted by atomic mass is 9.80. The van der Waals surface area contributed by atoms with Crippen molar-refractivity contribution in [2.75, 3.05) is 19.8 Å². The Morgan fingerprint density at radius 2 is 1.96 bits per heavy atom. The Morgan fingerprint density at radius 1 is 1.28 bits per heavy atom. The van der Waals surface area contributed by atoms with E-state index < -0.39 is 11.4 Å². The minimum Gasteiger partial charge on any atom is -0.481 e. The molecule has 0 radical (unpaired) electrons. The van der Waals surface area contributed by atoms with Crippen molar-refractivity contribution in [3.8, 4) is 11.3 Å². The average molecular weight is 343 g/mol. The summed E-state index contributed by atoms with van der Waals surface area (Å²) in [7, 11) is 1.77. The molecule has 0 unspecified atom stereocenters. The molecule has 2 heterocycles. The molecule has 0 atom stereocenters. The molecule has 2 N–H and O–H groups in total. The van der Waals surface area contributed by atoms with E-state index in [2.05, 4.69) is 10.4 Å². The van der Waals surface area contributed by atoms with Crippen molar-refractivity contribution < 1.29 is 19.4 Å². The van der Waals surface area contributed by atoms with Crippen LogP contribution in [0.5, 0.6) is 0 Å². The number of nitrogens with zero attached hydrogens (tertiary/aromatic N) is 2. The van der Waals surface area contributed by atoms with Gasteiger partial charge in [0.1, 0.15) is 0 Å². The van der Waals surface area contributed by atoms with Crippen LogP contribution >= 0.6 is 0 Å². The van der Waals surface area contributed by atoms with Crippen molar-refractivity contribution in [2.24, 2.45) is 12.5 Å². The molecule has 2 aromatic rings. The van der Waals surface area contributed by atoms with Crippen LogP contribution < -0.4 is 5.32 Å². The van der Waals surface area contributed by atoms with Crippen LogP contribution in [-0.4, -0.2) is 46.5 Å². The maximum absolute atomic E-state index is 12.7.